The summed E-state index contributed by atoms with van der Waals surface area (Å²) in [4.78, 5) is 10.4. The van der Waals surface area contributed by atoms with Crippen LogP contribution in [0.1, 0.15) is 5.56 Å². The molecule has 0 aliphatic rings. The zero-order valence-electron chi connectivity index (χ0n) is 19.8. The number of para-hydroxylation sites is 2. The van der Waals surface area contributed by atoms with Gasteiger partial charge in [0.25, 0.3) is 0 Å². The molecular formula is C31H26IrN3O-. The van der Waals surface area contributed by atoms with Crippen LogP contribution in [0.5, 0.6) is 5.75 Å². The minimum absolute atomic E-state index is 0. The van der Waals surface area contributed by atoms with E-state index in [9.17, 15) is 5.11 Å². The van der Waals surface area contributed by atoms with Crippen LogP contribution in [0.4, 0.5) is 17.1 Å². The maximum absolute atomic E-state index is 9.98. The van der Waals surface area contributed by atoms with E-state index < -0.39 is 0 Å². The quantitative estimate of drug-likeness (QED) is 0.159. The number of aromatic hydroxyl groups is 1. The molecule has 4 aromatic carbocycles. The average Bonchev–Trinajstić information content (AvgIpc) is 2.93. The predicted molar refractivity (Wildman–Crippen MR) is 145 cm³/mol. The fraction of sp³-hybridized carbons (Fsp3) is 0.0323. The molecule has 0 spiro atoms. The van der Waals surface area contributed by atoms with Gasteiger partial charge in [0, 0.05) is 62.2 Å². The van der Waals surface area contributed by atoms with Gasteiger partial charge in [-0.05, 0) is 54.2 Å². The first-order valence-electron chi connectivity index (χ1n) is 11.3. The van der Waals surface area contributed by atoms with Crippen molar-refractivity contribution in [3.63, 3.8) is 0 Å². The number of rotatable bonds is 5. The van der Waals surface area contributed by atoms with Crippen molar-refractivity contribution in [1.29, 1.82) is 0 Å². The number of aliphatic imine (C=N–C) groups is 1. The van der Waals surface area contributed by atoms with Crippen LogP contribution in [0, 0.1) is 6.07 Å². The van der Waals surface area contributed by atoms with Gasteiger partial charge in [-0.1, -0.05) is 48.5 Å². The van der Waals surface area contributed by atoms with E-state index in [0.29, 0.717) is 5.56 Å². The first kappa shape index (κ1) is 26.6. The van der Waals surface area contributed by atoms with Crippen molar-refractivity contribution in [1.82, 2.24) is 4.98 Å². The maximum Gasteiger partial charge on any atom is 0.124 e. The van der Waals surface area contributed by atoms with E-state index in [1.165, 1.54) is 0 Å². The Morgan fingerprint density at radius 3 is 1.94 bits per heavy atom. The van der Waals surface area contributed by atoms with E-state index >= 15 is 0 Å². The van der Waals surface area contributed by atoms with Crippen LogP contribution in [-0.2, 0) is 20.1 Å². The van der Waals surface area contributed by atoms with Crippen molar-refractivity contribution in [2.24, 2.45) is 4.99 Å². The number of pyridine rings is 1. The molecule has 1 heterocycles. The van der Waals surface area contributed by atoms with Crippen LogP contribution in [-0.4, -0.2) is 23.4 Å². The zero-order chi connectivity index (χ0) is 24.3. The number of anilines is 3. The molecule has 181 valence electrons. The maximum atomic E-state index is 9.98. The summed E-state index contributed by atoms with van der Waals surface area (Å²) >= 11 is 0. The molecular weight excluding hydrogens is 623 g/mol. The van der Waals surface area contributed by atoms with E-state index in [-0.39, 0.29) is 25.9 Å². The summed E-state index contributed by atoms with van der Waals surface area (Å²) in [5.74, 6) is 0.223. The van der Waals surface area contributed by atoms with Gasteiger partial charge in [-0.3, -0.25) is 4.99 Å². The number of hydrogen-bond acceptors (Lipinski definition) is 4. The third-order valence-electron chi connectivity index (χ3n) is 5.22. The van der Waals surface area contributed by atoms with Crippen LogP contribution in [0.15, 0.2) is 133 Å². The van der Waals surface area contributed by atoms with Crippen molar-refractivity contribution in [2.45, 2.75) is 0 Å². The first-order chi connectivity index (χ1) is 17.3. The van der Waals surface area contributed by atoms with Gasteiger partial charge in [-0.2, -0.15) is 0 Å². The Kier molecular flexibility index (Phi) is 10.1. The molecule has 0 fully saturated rings. The van der Waals surface area contributed by atoms with Crippen LogP contribution >= 0.6 is 0 Å². The van der Waals surface area contributed by atoms with E-state index in [1.54, 1.807) is 25.5 Å². The Morgan fingerprint density at radius 2 is 1.39 bits per heavy atom. The molecule has 0 atom stereocenters. The minimum Gasteiger partial charge on any atom is -0.507 e. The normalized spacial score (nSPS) is 10.1. The SMILES string of the molecule is CN=Cc1cc(N(c2ccccc2)c2ccccc2)ccc1O.[Ir].[c-]1ccccc1-c1ccccn1. The van der Waals surface area contributed by atoms with Gasteiger partial charge in [-0.15, -0.1) is 35.9 Å². The monoisotopic (exact) mass is 649 g/mol. The molecule has 0 unspecified atom stereocenters. The third kappa shape index (κ3) is 6.98. The second-order valence-corrected chi connectivity index (χ2v) is 7.63. The van der Waals surface area contributed by atoms with E-state index in [1.807, 2.05) is 91.0 Å². The van der Waals surface area contributed by atoms with Gasteiger partial charge >= 0.3 is 0 Å². The van der Waals surface area contributed by atoms with Crippen LogP contribution in [0.3, 0.4) is 0 Å². The van der Waals surface area contributed by atoms with E-state index in [2.05, 4.69) is 45.2 Å². The average molecular weight is 649 g/mol. The largest absolute Gasteiger partial charge is 0.507 e. The molecule has 5 aromatic rings. The van der Waals surface area contributed by atoms with Crippen molar-refractivity contribution in [3.05, 3.63) is 139 Å². The van der Waals surface area contributed by atoms with Gasteiger partial charge in [0.1, 0.15) is 5.75 Å². The summed E-state index contributed by atoms with van der Waals surface area (Å²) in [5.41, 5.74) is 5.79. The fourth-order valence-corrected chi connectivity index (χ4v) is 3.60. The predicted octanol–water partition coefficient (Wildman–Crippen LogP) is 7.46. The Morgan fingerprint density at radius 1 is 0.750 bits per heavy atom. The van der Waals surface area contributed by atoms with Crippen molar-refractivity contribution < 1.29 is 25.2 Å². The molecule has 0 bridgehead atoms. The number of hydrogen-bond donors (Lipinski definition) is 1. The fourth-order valence-electron chi connectivity index (χ4n) is 3.60. The topological polar surface area (TPSA) is 48.7 Å². The van der Waals surface area contributed by atoms with Gasteiger partial charge in [0.05, 0.1) is 0 Å². The number of phenolic OH excluding ortho intramolecular Hbond substituents is 1. The van der Waals surface area contributed by atoms with E-state index in [4.69, 9.17) is 0 Å². The van der Waals surface area contributed by atoms with Crippen LogP contribution < -0.4 is 4.90 Å². The van der Waals surface area contributed by atoms with E-state index in [0.717, 1.165) is 28.3 Å². The molecule has 4 nitrogen and oxygen atoms in total. The van der Waals surface area contributed by atoms with Gasteiger partial charge in [0.15, 0.2) is 0 Å². The van der Waals surface area contributed by atoms with Crippen LogP contribution in [0.25, 0.3) is 11.3 Å². The molecule has 1 aromatic heterocycles. The molecule has 1 N–H and O–H groups in total. The summed E-state index contributed by atoms with van der Waals surface area (Å²) in [7, 11) is 1.69. The minimum atomic E-state index is 0. The molecule has 0 saturated carbocycles. The molecule has 0 saturated heterocycles. The van der Waals surface area contributed by atoms with Crippen molar-refractivity contribution in [3.8, 4) is 17.0 Å². The molecule has 0 amide bonds. The van der Waals surface area contributed by atoms with Gasteiger partial charge in [-0.25, -0.2) is 0 Å². The summed E-state index contributed by atoms with van der Waals surface area (Å²) in [6.07, 6.45) is 3.45. The second kappa shape index (κ2) is 13.7. The Bertz CT molecular complexity index is 1270. The number of benzene rings is 4. The Labute approximate surface area is 226 Å². The standard InChI is InChI=1S/C20H18N2O.C11H8N.Ir/c1-21-15-16-14-19(12-13-20(16)23)22(17-8-4-2-5-9-17)18-10-6-3-7-11-18;1-2-6-10(7-3-1)11-8-4-5-9-12-11;/h2-15,23H,1H3;1-6,8-9H;/q;-1;. The Balaban J connectivity index is 0.000000234. The number of aromatic nitrogens is 1. The molecule has 5 rings (SSSR count). The molecule has 36 heavy (non-hydrogen) atoms. The van der Waals surface area contributed by atoms with Gasteiger partial charge in [0.2, 0.25) is 0 Å². The smallest absolute Gasteiger partial charge is 0.124 e. The molecule has 0 aliphatic heterocycles. The van der Waals surface area contributed by atoms with Crippen molar-refractivity contribution in [2.75, 3.05) is 11.9 Å². The number of nitrogens with zero attached hydrogens (tertiary/aromatic N) is 3. The zero-order valence-corrected chi connectivity index (χ0v) is 22.2. The van der Waals surface area contributed by atoms with Gasteiger partial charge < -0.3 is 15.0 Å². The summed E-state index contributed by atoms with van der Waals surface area (Å²) < 4.78 is 0. The molecule has 1 radical (unpaired) electrons. The number of phenols is 1. The molecule has 5 heteroatoms. The third-order valence-corrected chi connectivity index (χ3v) is 5.22. The van der Waals surface area contributed by atoms with Crippen LogP contribution in [0.2, 0.25) is 0 Å². The van der Waals surface area contributed by atoms with Crippen molar-refractivity contribution >= 4 is 23.3 Å². The molecule has 0 aliphatic carbocycles. The summed E-state index contributed by atoms with van der Waals surface area (Å²) in [6, 6.07) is 42.7. The summed E-state index contributed by atoms with van der Waals surface area (Å²) in [5, 5.41) is 9.98. The Hall–Kier alpha value is -4.05. The first-order valence-corrected chi connectivity index (χ1v) is 11.3. The second-order valence-electron chi connectivity index (χ2n) is 7.63. The summed E-state index contributed by atoms with van der Waals surface area (Å²) in [6.45, 7) is 0.